The van der Waals surface area contributed by atoms with Gasteiger partial charge < -0.3 is 0 Å². The van der Waals surface area contributed by atoms with Gasteiger partial charge in [-0.2, -0.15) is 0 Å². The molecule has 0 heterocycles. The second-order valence-corrected chi connectivity index (χ2v) is 4.14. The van der Waals surface area contributed by atoms with E-state index in [2.05, 4.69) is 36.4 Å². The molecule has 0 saturated carbocycles. The highest BCUT2D eigenvalue weighted by Crippen LogP contribution is 2.28. The van der Waals surface area contributed by atoms with Gasteiger partial charge in [-0.3, -0.25) is 0 Å². The summed E-state index contributed by atoms with van der Waals surface area (Å²) in [7, 11) is 0. The van der Waals surface area contributed by atoms with Gasteiger partial charge in [0.25, 0.3) is 0 Å². The fourth-order valence-electron chi connectivity index (χ4n) is 2.55. The molecule has 1 aliphatic rings. The SMILES string of the molecule is CC.c1cc2c3c(cccc3c1)CCCC2. The van der Waals surface area contributed by atoms with Crippen LogP contribution in [0.3, 0.4) is 0 Å². The fourth-order valence-corrected chi connectivity index (χ4v) is 2.55. The molecule has 0 nitrogen and oxygen atoms in total. The second-order valence-electron chi connectivity index (χ2n) is 4.14. The van der Waals surface area contributed by atoms with Gasteiger partial charge in [-0.1, -0.05) is 50.2 Å². The maximum atomic E-state index is 2.29. The first-order valence-electron chi connectivity index (χ1n) is 6.45. The van der Waals surface area contributed by atoms with Gasteiger partial charge in [-0.15, -0.1) is 0 Å². The highest BCUT2D eigenvalue weighted by molar-refractivity contribution is 5.89. The largest absolute Gasteiger partial charge is 0.0683 e. The molecule has 0 atom stereocenters. The van der Waals surface area contributed by atoms with E-state index in [1.165, 1.54) is 36.5 Å². The number of hydrogen-bond donors (Lipinski definition) is 0. The van der Waals surface area contributed by atoms with Gasteiger partial charge in [0.05, 0.1) is 0 Å². The average molecular weight is 212 g/mol. The predicted molar refractivity (Wildman–Crippen MR) is 71.9 cm³/mol. The van der Waals surface area contributed by atoms with E-state index in [0.717, 1.165) is 0 Å². The van der Waals surface area contributed by atoms with E-state index in [4.69, 9.17) is 0 Å². The van der Waals surface area contributed by atoms with E-state index in [1.807, 2.05) is 13.8 Å². The van der Waals surface area contributed by atoms with Crippen molar-refractivity contribution in [2.24, 2.45) is 0 Å². The number of rotatable bonds is 0. The minimum Gasteiger partial charge on any atom is -0.0683 e. The lowest BCUT2D eigenvalue weighted by atomic mass is 9.98. The second kappa shape index (κ2) is 5.16. The molecular weight excluding hydrogens is 192 g/mol. The molecule has 0 amide bonds. The molecule has 84 valence electrons. The molecule has 2 aromatic carbocycles. The molecular formula is C16H20. The first kappa shape index (κ1) is 11.2. The van der Waals surface area contributed by atoms with Crippen molar-refractivity contribution in [1.29, 1.82) is 0 Å². The van der Waals surface area contributed by atoms with Gasteiger partial charge in [0, 0.05) is 0 Å². The van der Waals surface area contributed by atoms with Gasteiger partial charge in [0.15, 0.2) is 0 Å². The Morgan fingerprint density at radius 3 is 1.75 bits per heavy atom. The van der Waals surface area contributed by atoms with Crippen molar-refractivity contribution in [1.82, 2.24) is 0 Å². The zero-order valence-electron chi connectivity index (χ0n) is 10.3. The van der Waals surface area contributed by atoms with Crippen molar-refractivity contribution in [3.8, 4) is 0 Å². The summed E-state index contributed by atoms with van der Waals surface area (Å²) in [6.45, 7) is 4.00. The maximum absolute atomic E-state index is 2.29. The Labute approximate surface area is 98.3 Å². The van der Waals surface area contributed by atoms with Gasteiger partial charge in [0.2, 0.25) is 0 Å². The summed E-state index contributed by atoms with van der Waals surface area (Å²) >= 11 is 0. The standard InChI is InChI=1S/C14H14.C2H6/c1-2-6-12-8-4-10-13-9-3-7-11(5-1)14(12)13;1-2/h3-4,7-10H,1-2,5-6H2;1-2H3. The topological polar surface area (TPSA) is 0 Å². The molecule has 0 spiro atoms. The van der Waals surface area contributed by atoms with Crippen LogP contribution < -0.4 is 0 Å². The molecule has 16 heavy (non-hydrogen) atoms. The third-order valence-corrected chi connectivity index (χ3v) is 3.22. The number of hydrogen-bond acceptors (Lipinski definition) is 0. The van der Waals surface area contributed by atoms with Crippen molar-refractivity contribution in [3.63, 3.8) is 0 Å². The molecule has 3 rings (SSSR count). The maximum Gasteiger partial charge on any atom is -0.0120 e. The van der Waals surface area contributed by atoms with Crippen molar-refractivity contribution >= 4 is 10.8 Å². The summed E-state index contributed by atoms with van der Waals surface area (Å²) in [5.41, 5.74) is 3.10. The molecule has 0 radical (unpaired) electrons. The number of benzene rings is 2. The van der Waals surface area contributed by atoms with Crippen LogP contribution in [0.5, 0.6) is 0 Å². The normalized spacial score (nSPS) is 13.9. The van der Waals surface area contributed by atoms with E-state index in [0.29, 0.717) is 0 Å². The van der Waals surface area contributed by atoms with Crippen molar-refractivity contribution in [2.45, 2.75) is 39.5 Å². The van der Waals surface area contributed by atoms with E-state index in [9.17, 15) is 0 Å². The summed E-state index contributed by atoms with van der Waals surface area (Å²) in [6, 6.07) is 13.4. The van der Waals surface area contributed by atoms with Gasteiger partial charge in [-0.25, -0.2) is 0 Å². The van der Waals surface area contributed by atoms with Crippen LogP contribution >= 0.6 is 0 Å². The summed E-state index contributed by atoms with van der Waals surface area (Å²) in [6.07, 6.45) is 5.20. The first-order chi connectivity index (χ1) is 7.95. The van der Waals surface area contributed by atoms with E-state index in [1.54, 1.807) is 11.1 Å². The quantitative estimate of drug-likeness (QED) is 0.591. The summed E-state index contributed by atoms with van der Waals surface area (Å²) in [5, 5.41) is 2.95. The Bertz CT molecular complexity index is 428. The molecule has 0 fully saturated rings. The lowest BCUT2D eigenvalue weighted by molar-refractivity contribution is 0.753. The third kappa shape index (κ3) is 1.97. The Hall–Kier alpha value is -1.30. The Morgan fingerprint density at radius 2 is 1.25 bits per heavy atom. The van der Waals surface area contributed by atoms with E-state index in [-0.39, 0.29) is 0 Å². The molecule has 0 bridgehead atoms. The first-order valence-corrected chi connectivity index (χ1v) is 6.45. The highest BCUT2D eigenvalue weighted by Gasteiger charge is 2.09. The molecule has 0 N–H and O–H groups in total. The van der Waals surface area contributed by atoms with Crippen LogP contribution in [-0.4, -0.2) is 0 Å². The highest BCUT2D eigenvalue weighted by atomic mass is 14.1. The van der Waals surface area contributed by atoms with Crippen molar-refractivity contribution in [2.75, 3.05) is 0 Å². The van der Waals surface area contributed by atoms with Crippen LogP contribution in [0.25, 0.3) is 10.8 Å². The molecule has 0 heteroatoms. The fraction of sp³-hybridized carbons (Fsp3) is 0.375. The van der Waals surface area contributed by atoms with Crippen LogP contribution in [0, 0.1) is 0 Å². The molecule has 1 aliphatic carbocycles. The smallest absolute Gasteiger partial charge is 0.0120 e. The van der Waals surface area contributed by atoms with Crippen LogP contribution in [0.2, 0.25) is 0 Å². The lowest BCUT2D eigenvalue weighted by Gasteiger charge is -2.06. The average Bonchev–Trinajstić information content (AvgIpc) is 2.57. The van der Waals surface area contributed by atoms with Crippen LogP contribution in [0.4, 0.5) is 0 Å². The third-order valence-electron chi connectivity index (χ3n) is 3.22. The predicted octanol–water partition coefficient (Wildman–Crippen LogP) is 4.74. The van der Waals surface area contributed by atoms with Crippen LogP contribution in [0.15, 0.2) is 36.4 Å². The Morgan fingerprint density at radius 1 is 0.750 bits per heavy atom. The van der Waals surface area contributed by atoms with Crippen molar-refractivity contribution in [3.05, 3.63) is 47.5 Å². The summed E-state index contributed by atoms with van der Waals surface area (Å²) < 4.78 is 0. The molecule has 0 saturated heterocycles. The zero-order valence-corrected chi connectivity index (χ0v) is 10.3. The minimum absolute atomic E-state index is 1.26. The molecule has 0 unspecified atom stereocenters. The lowest BCUT2D eigenvalue weighted by Crippen LogP contribution is -1.86. The van der Waals surface area contributed by atoms with Gasteiger partial charge in [0.1, 0.15) is 0 Å². The minimum atomic E-state index is 1.26. The van der Waals surface area contributed by atoms with Gasteiger partial charge in [-0.05, 0) is 47.6 Å². The Balaban J connectivity index is 0.000000457. The van der Waals surface area contributed by atoms with Gasteiger partial charge >= 0.3 is 0 Å². The summed E-state index contributed by atoms with van der Waals surface area (Å²) in [4.78, 5) is 0. The zero-order chi connectivity index (χ0) is 11.4. The molecule has 2 aromatic rings. The summed E-state index contributed by atoms with van der Waals surface area (Å²) in [5.74, 6) is 0. The molecule has 0 aliphatic heterocycles. The Kier molecular flexibility index (Phi) is 3.61. The van der Waals surface area contributed by atoms with Crippen molar-refractivity contribution < 1.29 is 0 Å². The van der Waals surface area contributed by atoms with E-state index < -0.39 is 0 Å². The molecule has 0 aromatic heterocycles. The van der Waals surface area contributed by atoms with Crippen LogP contribution in [-0.2, 0) is 12.8 Å². The number of aryl methyl sites for hydroxylation is 2. The van der Waals surface area contributed by atoms with Crippen LogP contribution in [0.1, 0.15) is 37.8 Å². The monoisotopic (exact) mass is 212 g/mol. The van der Waals surface area contributed by atoms with E-state index >= 15 is 0 Å².